The molecule has 42 heavy (non-hydrogen) atoms. The molecule has 0 aliphatic heterocycles. The van der Waals surface area contributed by atoms with Crippen LogP contribution in [-0.2, 0) is 19.1 Å². The van der Waals surface area contributed by atoms with E-state index in [0.29, 0.717) is 43.8 Å². The topological polar surface area (TPSA) is 89.7 Å². The average Bonchev–Trinajstić information content (AvgIpc) is 2.92. The number of rotatable bonds is 5. The summed E-state index contributed by atoms with van der Waals surface area (Å²) >= 11 is 0. The number of nitrogens with two attached hydrogens (primary N) is 1. The second-order valence-electron chi connectivity index (χ2n) is 16.4. The van der Waals surface area contributed by atoms with Crippen LogP contribution in [0.5, 0.6) is 0 Å². The van der Waals surface area contributed by atoms with E-state index in [4.69, 9.17) is 10.5 Å². The van der Waals surface area contributed by atoms with Gasteiger partial charge in [-0.15, -0.1) is 0 Å². The smallest absolute Gasteiger partial charge is 0.302 e. The van der Waals surface area contributed by atoms with Crippen LogP contribution in [0.25, 0.3) is 0 Å². The number of carbonyl (C=O) groups is 3. The summed E-state index contributed by atoms with van der Waals surface area (Å²) in [6.45, 7) is 21.4. The Hall–Kier alpha value is -1.69. The molecular weight excluding hydrogens is 524 g/mol. The zero-order valence-corrected chi connectivity index (χ0v) is 28.0. The first-order valence-electron chi connectivity index (χ1n) is 17.0. The highest BCUT2D eigenvalue weighted by atomic mass is 16.5. The average molecular weight is 583 g/mol. The van der Waals surface area contributed by atoms with Gasteiger partial charge in [-0.1, -0.05) is 47.1 Å². The van der Waals surface area contributed by atoms with Crippen LogP contribution in [0, 0.1) is 56.7 Å². The molecular formula is C36H58N2O4. The normalized spacial score (nSPS) is 48.1. The van der Waals surface area contributed by atoms with Crippen molar-refractivity contribution in [2.45, 2.75) is 120 Å². The monoisotopic (exact) mass is 582 g/mol. The van der Waals surface area contributed by atoms with Gasteiger partial charge in [-0.05, 0) is 117 Å². The van der Waals surface area contributed by atoms with E-state index < -0.39 is 11.5 Å². The molecule has 0 radical (unpaired) electrons. The van der Waals surface area contributed by atoms with Crippen molar-refractivity contribution in [1.82, 2.24) is 4.90 Å². The standard InChI is InChI=1S/C36H58N2O4/c1-10-38(20-19-37)31(41)36(9)27-12-16-35(8)30(33(27,6)15-13-28(36)42-24(4)39)26(40)21-25-29-23(3)22(2)11-14-32(29,5)17-18-34(25,35)7/h21-23,27-30H,10-20,37H2,1-9H3/t22-,23+,27?,28-,29?,30?,32-,33+,34-,35-,36-/m1/s1. The van der Waals surface area contributed by atoms with Gasteiger partial charge in [0.15, 0.2) is 5.78 Å². The van der Waals surface area contributed by atoms with Crippen molar-refractivity contribution in [2.24, 2.45) is 62.4 Å². The van der Waals surface area contributed by atoms with Gasteiger partial charge in [-0.25, -0.2) is 0 Å². The minimum atomic E-state index is -0.908. The molecule has 5 rings (SSSR count). The highest BCUT2D eigenvalue weighted by molar-refractivity contribution is 5.96. The molecule has 0 heterocycles. The zero-order chi connectivity index (χ0) is 31.0. The van der Waals surface area contributed by atoms with E-state index in [1.807, 2.05) is 18.7 Å². The van der Waals surface area contributed by atoms with Gasteiger partial charge in [-0.3, -0.25) is 14.4 Å². The second-order valence-corrected chi connectivity index (χ2v) is 16.4. The lowest BCUT2D eigenvalue weighted by atomic mass is 9.33. The maximum atomic E-state index is 14.7. The summed E-state index contributed by atoms with van der Waals surface area (Å²) in [7, 11) is 0. The van der Waals surface area contributed by atoms with E-state index >= 15 is 0 Å². The maximum absolute atomic E-state index is 14.7. The Morgan fingerprint density at radius 1 is 1.00 bits per heavy atom. The molecule has 6 heteroatoms. The number of carbonyl (C=O) groups excluding carboxylic acids is 3. The molecule has 3 unspecified atom stereocenters. The third-order valence-electron chi connectivity index (χ3n) is 14.6. The van der Waals surface area contributed by atoms with Crippen LogP contribution in [0.15, 0.2) is 11.6 Å². The van der Waals surface area contributed by atoms with Crippen LogP contribution in [0.1, 0.15) is 114 Å². The highest BCUT2D eigenvalue weighted by Crippen LogP contribution is 2.75. The zero-order valence-electron chi connectivity index (χ0n) is 28.0. The van der Waals surface area contributed by atoms with E-state index in [1.165, 1.54) is 31.8 Å². The molecule has 4 saturated carbocycles. The van der Waals surface area contributed by atoms with Crippen LogP contribution in [-0.4, -0.2) is 48.3 Å². The number of esters is 1. The van der Waals surface area contributed by atoms with Gasteiger partial charge in [0, 0.05) is 32.5 Å². The minimum Gasteiger partial charge on any atom is -0.461 e. The maximum Gasteiger partial charge on any atom is 0.302 e. The molecule has 0 saturated heterocycles. The van der Waals surface area contributed by atoms with Crippen LogP contribution in [0.2, 0.25) is 0 Å². The molecule has 5 aliphatic rings. The second kappa shape index (κ2) is 10.4. The summed E-state index contributed by atoms with van der Waals surface area (Å²) in [6, 6.07) is 0. The van der Waals surface area contributed by atoms with Crippen LogP contribution in [0.3, 0.4) is 0 Å². The molecule has 5 aliphatic carbocycles. The SMILES string of the molecule is CCN(CCN)C(=O)[C@]1(C)C2CC[C@]3(C)C(C(=O)C=C4C5[C@@H](C)[C@H](C)CC[C@]5(C)CC[C@]43C)[C@@]2(C)CC[C@H]1OC(C)=O. The summed E-state index contributed by atoms with van der Waals surface area (Å²) in [5, 5.41) is 0. The first-order chi connectivity index (χ1) is 19.5. The molecule has 0 aromatic carbocycles. The van der Waals surface area contributed by atoms with Gasteiger partial charge < -0.3 is 15.4 Å². The van der Waals surface area contributed by atoms with Gasteiger partial charge in [0.25, 0.3) is 0 Å². The Morgan fingerprint density at radius 3 is 2.31 bits per heavy atom. The van der Waals surface area contributed by atoms with E-state index in [2.05, 4.69) is 47.6 Å². The lowest BCUT2D eigenvalue weighted by molar-refractivity contribution is -0.218. The van der Waals surface area contributed by atoms with Crippen LogP contribution < -0.4 is 5.73 Å². The highest BCUT2D eigenvalue weighted by Gasteiger charge is 2.72. The van der Waals surface area contributed by atoms with Gasteiger partial charge in [-0.2, -0.15) is 0 Å². The number of ether oxygens (including phenoxy) is 1. The molecule has 0 aromatic heterocycles. The lowest BCUT2D eigenvalue weighted by Gasteiger charge is -2.70. The van der Waals surface area contributed by atoms with Gasteiger partial charge >= 0.3 is 5.97 Å². The fraction of sp³-hybridized carbons (Fsp3) is 0.861. The largest absolute Gasteiger partial charge is 0.461 e. The van der Waals surface area contributed by atoms with Crippen molar-refractivity contribution >= 4 is 17.7 Å². The predicted molar refractivity (Wildman–Crippen MR) is 166 cm³/mol. The number of likely N-dealkylation sites (N-methyl/N-ethyl adjacent to an activating group) is 1. The first-order valence-corrected chi connectivity index (χ1v) is 17.0. The Labute approximate surface area is 254 Å². The van der Waals surface area contributed by atoms with Gasteiger partial charge in [0.1, 0.15) is 6.10 Å². The van der Waals surface area contributed by atoms with Crippen molar-refractivity contribution in [3.63, 3.8) is 0 Å². The van der Waals surface area contributed by atoms with Crippen molar-refractivity contribution in [2.75, 3.05) is 19.6 Å². The Bertz CT molecular complexity index is 1170. The van der Waals surface area contributed by atoms with Crippen molar-refractivity contribution in [3.8, 4) is 0 Å². The van der Waals surface area contributed by atoms with Gasteiger partial charge in [0.05, 0.1) is 5.41 Å². The fourth-order valence-electron chi connectivity index (χ4n) is 11.9. The number of hydrogen-bond acceptors (Lipinski definition) is 5. The molecule has 0 bridgehead atoms. The van der Waals surface area contributed by atoms with Crippen LogP contribution >= 0.6 is 0 Å². The number of nitrogens with zero attached hydrogens (tertiary/aromatic N) is 1. The van der Waals surface area contributed by atoms with Crippen molar-refractivity contribution < 1.29 is 19.1 Å². The Balaban J connectivity index is 1.62. The summed E-state index contributed by atoms with van der Waals surface area (Å²) in [5.41, 5.74) is 6.13. The minimum absolute atomic E-state index is 0.0189. The van der Waals surface area contributed by atoms with E-state index in [-0.39, 0.29) is 51.2 Å². The predicted octanol–water partition coefficient (Wildman–Crippen LogP) is 6.56. The molecule has 2 N–H and O–H groups in total. The van der Waals surface area contributed by atoms with Gasteiger partial charge in [0.2, 0.25) is 5.91 Å². The van der Waals surface area contributed by atoms with E-state index in [0.717, 1.165) is 25.7 Å². The summed E-state index contributed by atoms with van der Waals surface area (Å²) in [4.78, 5) is 43.4. The van der Waals surface area contributed by atoms with Crippen molar-refractivity contribution in [1.29, 1.82) is 0 Å². The molecule has 11 atom stereocenters. The number of allylic oxidation sites excluding steroid dienone is 2. The summed E-state index contributed by atoms with van der Waals surface area (Å²) in [6.07, 6.45) is 9.63. The third-order valence-corrected chi connectivity index (χ3v) is 14.6. The number of amides is 1. The number of hydrogen-bond donors (Lipinski definition) is 1. The third kappa shape index (κ3) is 4.15. The van der Waals surface area contributed by atoms with Crippen molar-refractivity contribution in [3.05, 3.63) is 11.6 Å². The number of fused-ring (bicyclic) bond motifs is 7. The Kier molecular flexibility index (Phi) is 7.89. The van der Waals surface area contributed by atoms with E-state index in [9.17, 15) is 14.4 Å². The molecule has 236 valence electrons. The molecule has 4 fully saturated rings. The summed E-state index contributed by atoms with van der Waals surface area (Å²) < 4.78 is 5.97. The lowest BCUT2D eigenvalue weighted by Crippen LogP contribution is -2.69. The molecule has 0 aromatic rings. The first kappa shape index (κ1) is 31.7. The Morgan fingerprint density at radius 2 is 1.69 bits per heavy atom. The quantitative estimate of drug-likeness (QED) is 0.371. The van der Waals surface area contributed by atoms with Crippen LogP contribution in [0.4, 0.5) is 0 Å². The summed E-state index contributed by atoms with van der Waals surface area (Å²) in [5.74, 6) is 1.41. The van der Waals surface area contributed by atoms with E-state index in [1.54, 1.807) is 0 Å². The molecule has 0 spiro atoms. The number of ketones is 1. The molecule has 1 amide bonds. The molecule has 6 nitrogen and oxygen atoms in total. The fourth-order valence-corrected chi connectivity index (χ4v) is 11.9.